The molecule has 29 heavy (non-hydrogen) atoms. The minimum absolute atomic E-state index is 0.142. The molecule has 6 nitrogen and oxygen atoms in total. The highest BCUT2D eigenvalue weighted by Gasteiger charge is 2.31. The zero-order valence-corrected chi connectivity index (χ0v) is 15.6. The molecule has 154 valence electrons. The Kier molecular flexibility index (Phi) is 6.07. The number of morpholine rings is 1. The summed E-state index contributed by atoms with van der Waals surface area (Å²) >= 11 is 0. The Morgan fingerprint density at radius 1 is 1.10 bits per heavy atom. The standard InChI is InChI=1S/C20H19F3N2O4/c1-28-19(27)16-12-15(5-6-17(16)25-7-9-29-10-8-25)24-18(26)13-3-2-4-14(11-13)20(21,22)23/h2-6,11-12H,7-10H2,1H3,(H,24,26). The van der Waals surface area contributed by atoms with E-state index in [4.69, 9.17) is 9.47 Å². The van der Waals surface area contributed by atoms with Gasteiger partial charge in [0.1, 0.15) is 0 Å². The number of nitrogens with zero attached hydrogens (tertiary/aromatic N) is 1. The second-order valence-electron chi connectivity index (χ2n) is 6.36. The van der Waals surface area contributed by atoms with E-state index < -0.39 is 23.6 Å². The Morgan fingerprint density at radius 2 is 1.83 bits per heavy atom. The zero-order chi connectivity index (χ0) is 21.0. The van der Waals surface area contributed by atoms with Gasteiger partial charge in [-0.3, -0.25) is 4.79 Å². The number of carbonyl (C=O) groups excluding carboxylic acids is 2. The largest absolute Gasteiger partial charge is 0.465 e. The van der Waals surface area contributed by atoms with E-state index in [2.05, 4.69) is 5.32 Å². The molecule has 0 saturated carbocycles. The lowest BCUT2D eigenvalue weighted by atomic mass is 10.1. The molecule has 0 bridgehead atoms. The predicted octanol–water partition coefficient (Wildman–Crippen LogP) is 3.58. The van der Waals surface area contributed by atoms with Gasteiger partial charge in [-0.2, -0.15) is 13.2 Å². The van der Waals surface area contributed by atoms with Crippen molar-refractivity contribution in [3.8, 4) is 0 Å². The quantitative estimate of drug-likeness (QED) is 0.784. The molecule has 1 heterocycles. The van der Waals surface area contributed by atoms with Gasteiger partial charge in [-0.1, -0.05) is 6.07 Å². The Hall–Kier alpha value is -3.07. The van der Waals surface area contributed by atoms with Crippen LogP contribution in [0.4, 0.5) is 24.5 Å². The molecular weight excluding hydrogens is 389 g/mol. The molecule has 1 fully saturated rings. The molecule has 0 spiro atoms. The molecule has 0 atom stereocenters. The molecule has 1 saturated heterocycles. The van der Waals surface area contributed by atoms with Crippen molar-refractivity contribution in [2.24, 2.45) is 0 Å². The molecule has 0 aromatic heterocycles. The molecule has 0 aliphatic carbocycles. The van der Waals surface area contributed by atoms with Crippen LogP contribution in [-0.4, -0.2) is 45.3 Å². The fourth-order valence-corrected chi connectivity index (χ4v) is 3.01. The third-order valence-corrected chi connectivity index (χ3v) is 4.46. The SMILES string of the molecule is COC(=O)c1cc(NC(=O)c2cccc(C(F)(F)F)c2)ccc1N1CCOCC1. The highest BCUT2D eigenvalue weighted by Crippen LogP contribution is 2.30. The number of hydrogen-bond acceptors (Lipinski definition) is 5. The smallest absolute Gasteiger partial charge is 0.416 e. The molecule has 0 unspecified atom stereocenters. The van der Waals surface area contributed by atoms with Crippen molar-refractivity contribution in [3.63, 3.8) is 0 Å². The van der Waals surface area contributed by atoms with E-state index in [0.29, 0.717) is 32.0 Å². The molecule has 3 rings (SSSR count). The first-order valence-corrected chi connectivity index (χ1v) is 8.83. The molecule has 2 aromatic carbocycles. The first kappa shape index (κ1) is 20.7. The normalized spacial score (nSPS) is 14.4. The minimum Gasteiger partial charge on any atom is -0.465 e. The lowest BCUT2D eigenvalue weighted by molar-refractivity contribution is -0.137. The number of anilines is 2. The molecule has 9 heteroatoms. The number of benzene rings is 2. The second kappa shape index (κ2) is 8.52. The maximum absolute atomic E-state index is 12.9. The highest BCUT2D eigenvalue weighted by atomic mass is 19.4. The lowest BCUT2D eigenvalue weighted by Gasteiger charge is -2.30. The van der Waals surface area contributed by atoms with Gasteiger partial charge in [-0.05, 0) is 36.4 Å². The first-order valence-electron chi connectivity index (χ1n) is 8.83. The fraction of sp³-hybridized carbons (Fsp3) is 0.300. The van der Waals surface area contributed by atoms with Crippen LogP contribution in [0, 0.1) is 0 Å². The monoisotopic (exact) mass is 408 g/mol. The number of alkyl halides is 3. The predicted molar refractivity (Wildman–Crippen MR) is 100 cm³/mol. The molecule has 1 N–H and O–H groups in total. The van der Waals surface area contributed by atoms with Gasteiger partial charge in [-0.25, -0.2) is 4.79 Å². The Balaban J connectivity index is 1.85. The summed E-state index contributed by atoms with van der Waals surface area (Å²) in [5, 5.41) is 2.53. The van der Waals surface area contributed by atoms with Crippen molar-refractivity contribution in [2.75, 3.05) is 43.6 Å². The summed E-state index contributed by atoms with van der Waals surface area (Å²) in [6.45, 7) is 2.24. The van der Waals surface area contributed by atoms with Crippen molar-refractivity contribution in [3.05, 3.63) is 59.2 Å². The van der Waals surface area contributed by atoms with Gasteiger partial charge < -0.3 is 19.7 Å². The van der Waals surface area contributed by atoms with E-state index in [1.165, 1.54) is 25.3 Å². The second-order valence-corrected chi connectivity index (χ2v) is 6.36. The van der Waals surface area contributed by atoms with Gasteiger partial charge in [0.15, 0.2) is 0 Å². The van der Waals surface area contributed by atoms with E-state index in [-0.39, 0.29) is 16.8 Å². The summed E-state index contributed by atoms with van der Waals surface area (Å²) in [5.41, 5.74) is 0.0954. The summed E-state index contributed by atoms with van der Waals surface area (Å²) in [5.74, 6) is -1.30. The van der Waals surface area contributed by atoms with Gasteiger partial charge in [0.25, 0.3) is 5.91 Å². The Labute approximate surface area is 165 Å². The number of nitrogens with one attached hydrogen (secondary N) is 1. The van der Waals surface area contributed by atoms with Crippen molar-refractivity contribution in [1.82, 2.24) is 0 Å². The van der Waals surface area contributed by atoms with Crippen molar-refractivity contribution >= 4 is 23.3 Å². The van der Waals surface area contributed by atoms with E-state index in [1.807, 2.05) is 4.90 Å². The zero-order valence-electron chi connectivity index (χ0n) is 15.6. The lowest BCUT2D eigenvalue weighted by Crippen LogP contribution is -2.37. The van der Waals surface area contributed by atoms with Crippen LogP contribution < -0.4 is 10.2 Å². The third kappa shape index (κ3) is 4.86. The third-order valence-electron chi connectivity index (χ3n) is 4.46. The molecule has 1 aliphatic rings. The topological polar surface area (TPSA) is 67.9 Å². The summed E-state index contributed by atoms with van der Waals surface area (Å²) in [6, 6.07) is 8.82. The van der Waals surface area contributed by atoms with E-state index >= 15 is 0 Å². The number of ether oxygens (including phenoxy) is 2. The van der Waals surface area contributed by atoms with E-state index in [1.54, 1.807) is 12.1 Å². The molecular formula is C20H19F3N2O4. The Morgan fingerprint density at radius 3 is 2.48 bits per heavy atom. The average Bonchev–Trinajstić information content (AvgIpc) is 2.73. The maximum Gasteiger partial charge on any atom is 0.416 e. The van der Waals surface area contributed by atoms with Crippen molar-refractivity contribution in [2.45, 2.75) is 6.18 Å². The number of halogens is 3. The van der Waals surface area contributed by atoms with Crippen LogP contribution >= 0.6 is 0 Å². The van der Waals surface area contributed by atoms with Crippen LogP contribution in [0.25, 0.3) is 0 Å². The number of methoxy groups -OCH3 is 1. The van der Waals surface area contributed by atoms with Gasteiger partial charge >= 0.3 is 12.1 Å². The number of esters is 1. The number of carbonyl (C=O) groups is 2. The van der Waals surface area contributed by atoms with Crippen LogP contribution in [0.3, 0.4) is 0 Å². The van der Waals surface area contributed by atoms with Crippen LogP contribution in [0.5, 0.6) is 0 Å². The van der Waals surface area contributed by atoms with Crippen LogP contribution in [0.2, 0.25) is 0 Å². The highest BCUT2D eigenvalue weighted by molar-refractivity contribution is 6.05. The van der Waals surface area contributed by atoms with Crippen LogP contribution in [0.15, 0.2) is 42.5 Å². The number of rotatable bonds is 4. The van der Waals surface area contributed by atoms with Crippen molar-refractivity contribution < 1.29 is 32.2 Å². The summed E-state index contributed by atoms with van der Waals surface area (Å²) in [7, 11) is 1.25. The Bertz CT molecular complexity index is 909. The van der Waals surface area contributed by atoms with Gasteiger partial charge in [0, 0.05) is 24.3 Å². The molecule has 1 amide bonds. The number of hydrogen-bond donors (Lipinski definition) is 1. The van der Waals surface area contributed by atoms with Gasteiger partial charge in [-0.15, -0.1) is 0 Å². The van der Waals surface area contributed by atoms with Crippen molar-refractivity contribution in [1.29, 1.82) is 0 Å². The maximum atomic E-state index is 12.9. The average molecular weight is 408 g/mol. The minimum atomic E-state index is -4.55. The molecule has 2 aromatic rings. The van der Waals surface area contributed by atoms with E-state index in [0.717, 1.165) is 12.1 Å². The summed E-state index contributed by atoms with van der Waals surface area (Å²) in [4.78, 5) is 26.6. The summed E-state index contributed by atoms with van der Waals surface area (Å²) in [6.07, 6.45) is -4.55. The van der Waals surface area contributed by atoms with Gasteiger partial charge in [0.2, 0.25) is 0 Å². The van der Waals surface area contributed by atoms with Crippen LogP contribution in [0.1, 0.15) is 26.3 Å². The van der Waals surface area contributed by atoms with Gasteiger partial charge in [0.05, 0.1) is 37.1 Å². The van der Waals surface area contributed by atoms with Crippen LogP contribution in [-0.2, 0) is 15.7 Å². The fourth-order valence-electron chi connectivity index (χ4n) is 3.01. The number of amides is 1. The first-order chi connectivity index (χ1) is 13.8. The van der Waals surface area contributed by atoms with E-state index in [9.17, 15) is 22.8 Å². The molecule has 0 radical (unpaired) electrons. The summed E-state index contributed by atoms with van der Waals surface area (Å²) < 4.78 is 48.7. The molecule has 1 aliphatic heterocycles.